The number of ketones is 1. The largest absolute Gasteiger partial charge is 0.508 e. The molecule has 0 spiro atoms. The molecule has 1 fully saturated rings. The third kappa shape index (κ3) is 15.0. The number of amides is 3. The van der Waals surface area contributed by atoms with E-state index in [1.165, 1.54) is 19.1 Å². The molecular formula is C39H55FN4O10. The average molecular weight is 759 g/mol. The molecule has 7 atom stereocenters. The third-order valence-electron chi connectivity index (χ3n) is 9.19. The van der Waals surface area contributed by atoms with Crippen LogP contribution in [0.3, 0.4) is 0 Å². The fraction of sp³-hybridized carbons (Fsp3) is 0.538. The Labute approximate surface area is 315 Å². The molecule has 15 heteroatoms. The van der Waals surface area contributed by atoms with E-state index >= 15 is 0 Å². The molecule has 1 aliphatic rings. The molecule has 0 radical (unpaired) electrons. The maximum absolute atomic E-state index is 14.2. The van der Waals surface area contributed by atoms with E-state index in [2.05, 4.69) is 16.1 Å². The Morgan fingerprint density at radius 2 is 1.74 bits per heavy atom. The van der Waals surface area contributed by atoms with E-state index in [-0.39, 0.29) is 43.6 Å². The summed E-state index contributed by atoms with van der Waals surface area (Å²) in [5.41, 5.74) is 3.73. The summed E-state index contributed by atoms with van der Waals surface area (Å²) in [7, 11) is 0. The number of allylic oxidation sites excluding steroid dienone is 5. The SMILES string of the molecule is CC(=O)CCC(C(=O)NC(C(=O)NC(Cc1cc(O)cc(F)c1)C(=O)N1CCCC(C(=O)O)N1)C(C)C)C(O)C(C)C(O)C=CC=CC/C=C(\C)CC=O. The normalized spacial score (nSPS) is 18.5. The number of carbonyl (C=O) groups is 6. The summed E-state index contributed by atoms with van der Waals surface area (Å²) in [6, 6.07) is -0.538. The predicted molar refractivity (Wildman–Crippen MR) is 198 cm³/mol. The molecule has 1 aromatic carbocycles. The number of phenolic OH excluding ortho intramolecular Hbond substituents is 1. The van der Waals surface area contributed by atoms with Crippen molar-refractivity contribution in [2.24, 2.45) is 17.8 Å². The number of aliphatic hydroxyl groups is 2. The maximum Gasteiger partial charge on any atom is 0.322 e. The van der Waals surface area contributed by atoms with Gasteiger partial charge in [-0.1, -0.05) is 56.7 Å². The second-order valence-electron chi connectivity index (χ2n) is 14.1. The van der Waals surface area contributed by atoms with Gasteiger partial charge in [0, 0.05) is 37.8 Å². The summed E-state index contributed by atoms with van der Waals surface area (Å²) in [6.45, 7) is 8.12. The minimum Gasteiger partial charge on any atom is -0.508 e. The second kappa shape index (κ2) is 22.5. The number of carboxylic acid groups (broad SMARTS) is 1. The zero-order valence-electron chi connectivity index (χ0n) is 31.5. The van der Waals surface area contributed by atoms with Gasteiger partial charge in [0.25, 0.3) is 5.91 Å². The van der Waals surface area contributed by atoms with Crippen LogP contribution >= 0.6 is 0 Å². The van der Waals surface area contributed by atoms with Gasteiger partial charge in [-0.15, -0.1) is 0 Å². The van der Waals surface area contributed by atoms with E-state index in [9.17, 15) is 53.6 Å². The van der Waals surface area contributed by atoms with Crippen LogP contribution in [0.25, 0.3) is 0 Å². The Bertz CT molecular complexity index is 1540. The number of hydrazine groups is 1. The van der Waals surface area contributed by atoms with Crippen LogP contribution in [0.4, 0.5) is 4.39 Å². The number of benzene rings is 1. The van der Waals surface area contributed by atoms with Crippen molar-refractivity contribution >= 4 is 35.8 Å². The molecule has 0 aliphatic carbocycles. The van der Waals surface area contributed by atoms with Crippen molar-refractivity contribution < 1.29 is 53.6 Å². The summed E-state index contributed by atoms with van der Waals surface area (Å²) >= 11 is 0. The molecule has 1 aliphatic heterocycles. The Balaban J connectivity index is 2.29. The van der Waals surface area contributed by atoms with E-state index in [1.807, 2.05) is 19.1 Å². The first-order chi connectivity index (χ1) is 25.4. The van der Waals surface area contributed by atoms with Gasteiger partial charge in [0.05, 0.1) is 18.1 Å². The molecule has 1 aromatic rings. The molecular weight excluding hydrogens is 703 g/mol. The standard InChI is InChI=1S/C39H55FN4O10/c1-23(2)34(37(51)41-32(21-27-19-28(40)22-29(47)20-27)38(52)44-17-10-12-31(43-44)39(53)54)42-36(50)30(15-14-25(4)46)35(49)26(5)33(48)13-9-7-6-8-11-24(3)16-18-45/h6-7,9,11,13,18-20,22-23,26,30-35,43,47-49H,8,10,12,14-17,21H2,1-5H3,(H,41,51)(H,42,50)(H,53,54)/b7-6?,13-9?,24-11+. The lowest BCUT2D eigenvalue weighted by Gasteiger charge is -2.35. The first kappa shape index (κ1) is 45.4. The van der Waals surface area contributed by atoms with E-state index in [1.54, 1.807) is 32.9 Å². The van der Waals surface area contributed by atoms with Crippen LogP contribution in [0.1, 0.15) is 78.7 Å². The lowest BCUT2D eigenvalue weighted by Crippen LogP contribution is -2.62. The predicted octanol–water partition coefficient (Wildman–Crippen LogP) is 2.66. The van der Waals surface area contributed by atoms with Crippen LogP contribution in [0.5, 0.6) is 5.75 Å². The van der Waals surface area contributed by atoms with Crippen molar-refractivity contribution in [2.75, 3.05) is 6.54 Å². The van der Waals surface area contributed by atoms with Gasteiger partial charge in [-0.2, -0.15) is 0 Å². The van der Waals surface area contributed by atoms with Crippen LogP contribution in [-0.2, 0) is 35.2 Å². The van der Waals surface area contributed by atoms with Crippen molar-refractivity contribution in [3.05, 3.63) is 65.5 Å². The highest BCUT2D eigenvalue weighted by Gasteiger charge is 2.38. The topological polar surface area (TPSA) is 223 Å². The van der Waals surface area contributed by atoms with Gasteiger partial charge in [-0.05, 0) is 63.1 Å². The zero-order valence-corrected chi connectivity index (χ0v) is 31.5. The number of aliphatic carboxylic acids is 1. The highest BCUT2D eigenvalue weighted by molar-refractivity contribution is 5.93. The number of carboxylic acids is 1. The first-order valence-corrected chi connectivity index (χ1v) is 18.1. The van der Waals surface area contributed by atoms with Gasteiger partial charge < -0.3 is 40.6 Å². The van der Waals surface area contributed by atoms with Gasteiger partial charge in [-0.25, -0.2) is 9.82 Å². The monoisotopic (exact) mass is 758 g/mol. The Kier molecular flexibility index (Phi) is 18.9. The number of nitrogens with zero attached hydrogens (tertiary/aromatic N) is 1. The van der Waals surface area contributed by atoms with Gasteiger partial charge in [-0.3, -0.25) is 24.2 Å². The van der Waals surface area contributed by atoms with Gasteiger partial charge in [0.2, 0.25) is 11.8 Å². The minimum absolute atomic E-state index is 0.0661. The van der Waals surface area contributed by atoms with Gasteiger partial charge in [0.15, 0.2) is 0 Å². The van der Waals surface area contributed by atoms with E-state index < -0.39 is 83.3 Å². The number of halogens is 1. The number of phenols is 1. The highest BCUT2D eigenvalue weighted by Crippen LogP contribution is 2.24. The first-order valence-electron chi connectivity index (χ1n) is 18.1. The minimum atomic E-state index is -1.44. The van der Waals surface area contributed by atoms with Crippen molar-refractivity contribution in [1.82, 2.24) is 21.1 Å². The number of Topliss-reactive ketones (excluding diaryl/α,β-unsaturated/α-hetero) is 1. The number of carbonyl (C=O) groups excluding carboxylic acids is 5. The van der Waals surface area contributed by atoms with E-state index in [0.717, 1.165) is 29.0 Å². The summed E-state index contributed by atoms with van der Waals surface area (Å²) in [5.74, 6) is -7.56. The quantitative estimate of drug-likeness (QED) is 0.0549. The third-order valence-corrected chi connectivity index (χ3v) is 9.19. The Morgan fingerprint density at radius 3 is 2.35 bits per heavy atom. The van der Waals surface area contributed by atoms with Crippen molar-refractivity contribution in [3.8, 4) is 5.75 Å². The molecule has 2 rings (SSSR count). The zero-order chi connectivity index (χ0) is 40.5. The molecule has 1 heterocycles. The fourth-order valence-electron chi connectivity index (χ4n) is 5.93. The molecule has 0 saturated carbocycles. The van der Waals surface area contributed by atoms with Crippen LogP contribution < -0.4 is 16.1 Å². The second-order valence-corrected chi connectivity index (χ2v) is 14.1. The average Bonchev–Trinajstić information content (AvgIpc) is 3.10. The van der Waals surface area contributed by atoms with Crippen molar-refractivity contribution in [3.63, 3.8) is 0 Å². The molecule has 14 nitrogen and oxygen atoms in total. The van der Waals surface area contributed by atoms with Gasteiger partial charge in [0.1, 0.15) is 41.8 Å². The number of aldehydes is 1. The maximum atomic E-state index is 14.2. The number of hydrogen-bond acceptors (Lipinski definition) is 10. The lowest BCUT2D eigenvalue weighted by molar-refractivity contribution is -0.148. The van der Waals surface area contributed by atoms with Crippen molar-refractivity contribution in [1.29, 1.82) is 0 Å². The van der Waals surface area contributed by atoms with Gasteiger partial charge >= 0.3 is 5.97 Å². The summed E-state index contributed by atoms with van der Waals surface area (Å²) < 4.78 is 14.2. The highest BCUT2D eigenvalue weighted by atomic mass is 19.1. The Morgan fingerprint density at radius 1 is 1.04 bits per heavy atom. The smallest absolute Gasteiger partial charge is 0.322 e. The number of nitrogens with one attached hydrogen (secondary N) is 3. The lowest BCUT2D eigenvalue weighted by atomic mass is 9.84. The molecule has 0 aromatic heterocycles. The van der Waals surface area contributed by atoms with Crippen LogP contribution in [-0.4, -0.2) is 98.1 Å². The Hall–Kier alpha value is -4.73. The number of aromatic hydroxyl groups is 1. The van der Waals surface area contributed by atoms with Crippen LogP contribution in [0, 0.1) is 23.6 Å². The number of rotatable bonds is 21. The van der Waals surface area contributed by atoms with E-state index in [4.69, 9.17) is 0 Å². The molecule has 3 amide bonds. The molecule has 0 bridgehead atoms. The summed E-state index contributed by atoms with van der Waals surface area (Å²) in [4.78, 5) is 75.6. The van der Waals surface area contributed by atoms with E-state index in [0.29, 0.717) is 19.3 Å². The molecule has 298 valence electrons. The molecule has 7 unspecified atom stereocenters. The van der Waals surface area contributed by atoms with Crippen LogP contribution in [0.15, 0.2) is 54.2 Å². The summed E-state index contributed by atoms with van der Waals surface area (Å²) in [6.07, 6.45) is 7.70. The molecule has 54 heavy (non-hydrogen) atoms. The molecule has 7 N–H and O–H groups in total. The van der Waals surface area contributed by atoms with Crippen LogP contribution in [0.2, 0.25) is 0 Å². The van der Waals surface area contributed by atoms with Crippen molar-refractivity contribution in [2.45, 2.75) is 110 Å². The number of hydrogen-bond donors (Lipinski definition) is 7. The summed E-state index contributed by atoms with van der Waals surface area (Å²) in [5, 5.41) is 48.0. The molecule has 1 saturated heterocycles. The number of aliphatic hydroxyl groups excluding tert-OH is 2. The fourth-order valence-corrected chi connectivity index (χ4v) is 5.93.